The monoisotopic (exact) mass is 302 g/mol. The molecule has 21 heavy (non-hydrogen) atoms. The van der Waals surface area contributed by atoms with E-state index in [4.69, 9.17) is 4.74 Å². The Hall–Kier alpha value is -2.34. The molecule has 3 rings (SSSR count). The largest absolute Gasteiger partial charge is 0.488 e. The normalized spacial score (nSPS) is 11.0. The summed E-state index contributed by atoms with van der Waals surface area (Å²) in [5.41, 5.74) is 0.268. The maximum Gasteiger partial charge on any atom is 0.353 e. The molecule has 0 aliphatic rings. The third-order valence-electron chi connectivity index (χ3n) is 3.22. The lowest BCUT2D eigenvalue weighted by Gasteiger charge is -2.05. The highest BCUT2D eigenvalue weighted by molar-refractivity contribution is 7.11. The summed E-state index contributed by atoms with van der Waals surface area (Å²) in [5.74, 6) is -0.287. The molecule has 108 valence electrons. The molecule has 0 radical (unpaired) electrons. The Balaban J connectivity index is 1.89. The average Bonchev–Trinajstić information content (AvgIpc) is 2.98. The van der Waals surface area contributed by atoms with E-state index in [1.165, 1.54) is 0 Å². The van der Waals surface area contributed by atoms with E-state index in [1.54, 1.807) is 41.4 Å². The molecule has 1 aromatic carbocycles. The molecule has 0 fully saturated rings. The van der Waals surface area contributed by atoms with Gasteiger partial charge in [0.15, 0.2) is 0 Å². The molecule has 0 aliphatic heterocycles. The first-order chi connectivity index (χ1) is 10.0. The zero-order chi connectivity index (χ0) is 15.0. The van der Waals surface area contributed by atoms with Gasteiger partial charge in [0.25, 0.3) is 0 Å². The number of rotatable bonds is 4. The summed E-state index contributed by atoms with van der Waals surface area (Å²) in [6.07, 6.45) is 3.60. The predicted octanol–water partition coefficient (Wildman–Crippen LogP) is 3.22. The van der Waals surface area contributed by atoms with E-state index >= 15 is 0 Å². The summed E-state index contributed by atoms with van der Waals surface area (Å²) in [6.45, 7) is 2.38. The number of aromatic nitrogens is 2. The van der Waals surface area contributed by atoms with Gasteiger partial charge in [0.2, 0.25) is 0 Å². The Labute approximate surface area is 125 Å². The molecule has 6 heteroatoms. The van der Waals surface area contributed by atoms with Crippen LogP contribution in [0.5, 0.6) is 5.75 Å². The molecule has 2 heterocycles. The molecular weight excluding hydrogens is 288 g/mol. The van der Waals surface area contributed by atoms with Crippen LogP contribution in [0, 0.1) is 6.92 Å². The average molecular weight is 302 g/mol. The number of carboxylic acid groups (broad SMARTS) is 1. The fraction of sp³-hybridized carbons (Fsp3) is 0.200. The van der Waals surface area contributed by atoms with Gasteiger partial charge in [0.1, 0.15) is 18.1 Å². The van der Waals surface area contributed by atoms with Crippen LogP contribution in [0.25, 0.3) is 10.8 Å². The minimum absolute atomic E-state index is 0.268. The highest BCUT2D eigenvalue weighted by Gasteiger charge is 2.14. The van der Waals surface area contributed by atoms with Crippen LogP contribution in [0.4, 0.5) is 0 Å². The number of fused-ring (bicyclic) bond motifs is 1. The van der Waals surface area contributed by atoms with E-state index in [2.05, 4.69) is 4.98 Å². The van der Waals surface area contributed by atoms with Gasteiger partial charge in [-0.3, -0.25) is 0 Å². The second-order valence-electron chi connectivity index (χ2n) is 4.78. The second kappa shape index (κ2) is 5.21. The highest BCUT2D eigenvalue weighted by atomic mass is 32.1. The van der Waals surface area contributed by atoms with Gasteiger partial charge in [-0.15, -0.1) is 11.3 Å². The molecule has 0 bridgehead atoms. The van der Waals surface area contributed by atoms with Crippen molar-refractivity contribution < 1.29 is 14.6 Å². The first-order valence-corrected chi connectivity index (χ1v) is 7.23. The van der Waals surface area contributed by atoms with Crippen LogP contribution < -0.4 is 4.74 Å². The Morgan fingerprint density at radius 2 is 2.29 bits per heavy atom. The van der Waals surface area contributed by atoms with Crippen molar-refractivity contribution in [1.82, 2.24) is 9.55 Å². The fourth-order valence-electron chi connectivity index (χ4n) is 2.30. The van der Waals surface area contributed by atoms with Crippen molar-refractivity contribution in [3.63, 3.8) is 0 Å². The number of carboxylic acids is 1. The third-order valence-corrected chi connectivity index (χ3v) is 4.10. The van der Waals surface area contributed by atoms with Crippen LogP contribution in [0.2, 0.25) is 0 Å². The Morgan fingerprint density at radius 1 is 1.48 bits per heavy atom. The van der Waals surface area contributed by atoms with Crippen molar-refractivity contribution in [3.8, 4) is 5.75 Å². The predicted molar refractivity (Wildman–Crippen MR) is 81.1 cm³/mol. The summed E-state index contributed by atoms with van der Waals surface area (Å²) in [5, 5.41) is 11.9. The maximum atomic E-state index is 11.3. The number of aromatic carboxylic acids is 1. The standard InChI is InChI=1S/C15H14N2O3S/c1-9-16-6-12(21-9)8-20-11-4-3-10-7-17(2)14(15(18)19)13(10)5-11/h3-7H,8H2,1-2H3,(H,18,19). The van der Waals surface area contributed by atoms with Crippen LogP contribution in [-0.2, 0) is 13.7 Å². The van der Waals surface area contributed by atoms with Crippen LogP contribution in [-0.4, -0.2) is 20.6 Å². The van der Waals surface area contributed by atoms with Gasteiger partial charge in [-0.25, -0.2) is 9.78 Å². The molecule has 0 aliphatic carbocycles. The molecule has 1 N–H and O–H groups in total. The lowest BCUT2D eigenvalue weighted by molar-refractivity contribution is 0.0689. The topological polar surface area (TPSA) is 64.4 Å². The maximum absolute atomic E-state index is 11.3. The lowest BCUT2D eigenvalue weighted by atomic mass is 10.2. The van der Waals surface area contributed by atoms with Crippen molar-refractivity contribution in [1.29, 1.82) is 0 Å². The zero-order valence-electron chi connectivity index (χ0n) is 11.7. The molecule has 0 saturated heterocycles. The summed E-state index contributed by atoms with van der Waals surface area (Å²) < 4.78 is 7.34. The molecule has 0 spiro atoms. The molecule has 0 saturated carbocycles. The Bertz CT molecular complexity index is 820. The molecule has 0 atom stereocenters. The first-order valence-electron chi connectivity index (χ1n) is 6.41. The van der Waals surface area contributed by atoms with Crippen LogP contribution in [0.3, 0.4) is 0 Å². The Morgan fingerprint density at radius 3 is 2.95 bits per heavy atom. The number of aryl methyl sites for hydroxylation is 2. The third kappa shape index (κ3) is 2.62. The van der Waals surface area contributed by atoms with Crippen LogP contribution in [0.15, 0.2) is 30.6 Å². The summed E-state index contributed by atoms with van der Waals surface area (Å²) in [7, 11) is 1.73. The van der Waals surface area contributed by atoms with Gasteiger partial charge >= 0.3 is 5.97 Å². The number of hydrogen-bond donors (Lipinski definition) is 1. The lowest BCUT2D eigenvalue weighted by Crippen LogP contribution is -2.03. The van der Waals surface area contributed by atoms with Crippen LogP contribution >= 0.6 is 11.3 Å². The van der Waals surface area contributed by atoms with Gasteiger partial charge in [0, 0.05) is 30.2 Å². The molecule has 5 nitrogen and oxygen atoms in total. The quantitative estimate of drug-likeness (QED) is 0.803. The number of nitrogens with zero attached hydrogens (tertiary/aromatic N) is 2. The van der Waals surface area contributed by atoms with Gasteiger partial charge in [-0.05, 0) is 25.1 Å². The molecule has 3 aromatic rings. The van der Waals surface area contributed by atoms with E-state index in [-0.39, 0.29) is 5.69 Å². The number of thiazole rings is 1. The summed E-state index contributed by atoms with van der Waals surface area (Å²) >= 11 is 1.59. The van der Waals surface area contributed by atoms with E-state index < -0.39 is 5.97 Å². The SMILES string of the molecule is Cc1ncc(COc2ccc3cn(C)c(C(=O)O)c3c2)s1. The number of hydrogen-bond acceptors (Lipinski definition) is 4. The highest BCUT2D eigenvalue weighted by Crippen LogP contribution is 2.26. The zero-order valence-corrected chi connectivity index (χ0v) is 12.5. The van der Waals surface area contributed by atoms with E-state index in [0.717, 1.165) is 15.3 Å². The molecular formula is C15H14N2O3S. The van der Waals surface area contributed by atoms with E-state index in [1.807, 2.05) is 19.1 Å². The van der Waals surface area contributed by atoms with Crippen molar-refractivity contribution in [2.24, 2.45) is 7.05 Å². The van der Waals surface area contributed by atoms with Crippen molar-refractivity contribution in [2.75, 3.05) is 0 Å². The number of carbonyl (C=O) groups is 1. The van der Waals surface area contributed by atoms with Crippen LogP contribution in [0.1, 0.15) is 20.4 Å². The molecule has 2 aromatic heterocycles. The summed E-state index contributed by atoms with van der Waals surface area (Å²) in [6, 6.07) is 5.49. The second-order valence-corrected chi connectivity index (χ2v) is 6.10. The number of benzene rings is 1. The minimum Gasteiger partial charge on any atom is -0.488 e. The van der Waals surface area contributed by atoms with Crippen molar-refractivity contribution in [3.05, 3.63) is 46.2 Å². The smallest absolute Gasteiger partial charge is 0.353 e. The van der Waals surface area contributed by atoms with Gasteiger partial charge in [-0.2, -0.15) is 0 Å². The summed E-state index contributed by atoms with van der Waals surface area (Å²) in [4.78, 5) is 16.5. The Kier molecular flexibility index (Phi) is 3.39. The van der Waals surface area contributed by atoms with Gasteiger partial charge in [-0.1, -0.05) is 0 Å². The van der Waals surface area contributed by atoms with Gasteiger partial charge < -0.3 is 14.4 Å². The van der Waals surface area contributed by atoms with E-state index in [9.17, 15) is 9.90 Å². The van der Waals surface area contributed by atoms with Gasteiger partial charge in [0.05, 0.1) is 9.88 Å². The van der Waals surface area contributed by atoms with Crippen molar-refractivity contribution >= 4 is 28.1 Å². The molecule has 0 amide bonds. The first kappa shape index (κ1) is 13.6. The fourth-order valence-corrected chi connectivity index (χ4v) is 3.01. The van der Waals surface area contributed by atoms with Crippen molar-refractivity contribution in [2.45, 2.75) is 13.5 Å². The minimum atomic E-state index is -0.942. The van der Waals surface area contributed by atoms with E-state index in [0.29, 0.717) is 17.7 Å². The molecule has 0 unspecified atom stereocenters. The number of ether oxygens (including phenoxy) is 1.